The number of fused-ring (bicyclic) bond motifs is 1. The number of hydrogen-bond donors (Lipinski definition) is 0. The SMILES string of the molecule is COC(=O)c1ccc(COn2nnc3ccc(S(=O)(=O)N4CCOCC4)cc32)o1. The van der Waals surface area contributed by atoms with Crippen molar-refractivity contribution in [3.8, 4) is 0 Å². The first-order chi connectivity index (χ1) is 14.0. The topological polar surface area (TPSA) is 126 Å². The van der Waals surface area contributed by atoms with E-state index in [0.717, 1.165) is 4.85 Å². The van der Waals surface area contributed by atoms with Crippen molar-refractivity contribution < 1.29 is 31.9 Å². The third-order valence-corrected chi connectivity index (χ3v) is 6.27. The molecule has 0 radical (unpaired) electrons. The summed E-state index contributed by atoms with van der Waals surface area (Å²) in [5, 5.41) is 7.86. The van der Waals surface area contributed by atoms with E-state index in [0.29, 0.717) is 43.1 Å². The van der Waals surface area contributed by atoms with Crippen LogP contribution < -0.4 is 4.84 Å². The van der Waals surface area contributed by atoms with Gasteiger partial charge in [-0.25, -0.2) is 13.2 Å². The van der Waals surface area contributed by atoms with Crippen molar-refractivity contribution in [3.05, 3.63) is 41.9 Å². The number of methoxy groups -OCH3 is 1. The van der Waals surface area contributed by atoms with Gasteiger partial charge in [0.2, 0.25) is 15.8 Å². The van der Waals surface area contributed by atoms with Crippen molar-refractivity contribution in [2.45, 2.75) is 11.5 Å². The van der Waals surface area contributed by atoms with Crippen molar-refractivity contribution in [1.29, 1.82) is 0 Å². The van der Waals surface area contributed by atoms with Gasteiger partial charge >= 0.3 is 5.97 Å². The number of furan rings is 1. The molecular weight excluding hydrogens is 404 g/mol. The number of carbonyl (C=O) groups excluding carboxylic acids is 1. The molecule has 4 rings (SSSR count). The third kappa shape index (κ3) is 3.81. The van der Waals surface area contributed by atoms with Crippen LogP contribution in [0.25, 0.3) is 11.0 Å². The molecule has 0 saturated carbocycles. The lowest BCUT2D eigenvalue weighted by Gasteiger charge is -2.26. The highest BCUT2D eigenvalue weighted by molar-refractivity contribution is 7.89. The van der Waals surface area contributed by atoms with Gasteiger partial charge in [-0.15, -0.1) is 5.10 Å². The van der Waals surface area contributed by atoms with Crippen LogP contribution >= 0.6 is 0 Å². The molecule has 0 atom stereocenters. The summed E-state index contributed by atoms with van der Waals surface area (Å²) < 4.78 is 42.2. The number of esters is 1. The minimum absolute atomic E-state index is 0.0457. The summed E-state index contributed by atoms with van der Waals surface area (Å²) in [6, 6.07) is 7.55. The third-order valence-electron chi connectivity index (χ3n) is 4.37. The molecule has 0 aliphatic carbocycles. The van der Waals surface area contributed by atoms with E-state index >= 15 is 0 Å². The van der Waals surface area contributed by atoms with E-state index < -0.39 is 16.0 Å². The van der Waals surface area contributed by atoms with Gasteiger partial charge in [-0.3, -0.25) is 0 Å². The second-order valence-corrected chi connectivity index (χ2v) is 8.10. The van der Waals surface area contributed by atoms with Crippen LogP contribution in [0.2, 0.25) is 0 Å². The first-order valence-corrected chi connectivity index (χ1v) is 10.2. The van der Waals surface area contributed by atoms with Gasteiger partial charge in [0.15, 0.2) is 6.61 Å². The van der Waals surface area contributed by atoms with Gasteiger partial charge in [0.05, 0.1) is 25.2 Å². The second kappa shape index (κ2) is 7.81. The Kier molecular flexibility index (Phi) is 5.22. The van der Waals surface area contributed by atoms with E-state index in [4.69, 9.17) is 14.0 Å². The minimum Gasteiger partial charge on any atom is -0.463 e. The van der Waals surface area contributed by atoms with Gasteiger partial charge in [-0.2, -0.15) is 4.31 Å². The van der Waals surface area contributed by atoms with Crippen molar-refractivity contribution in [3.63, 3.8) is 0 Å². The van der Waals surface area contributed by atoms with Crippen LogP contribution in [0.1, 0.15) is 16.3 Å². The van der Waals surface area contributed by atoms with Gasteiger partial charge < -0.3 is 18.7 Å². The molecule has 3 aromatic rings. The maximum absolute atomic E-state index is 12.9. The molecule has 2 aromatic heterocycles. The average molecular weight is 422 g/mol. The van der Waals surface area contributed by atoms with Crippen LogP contribution in [0, 0.1) is 0 Å². The number of morpholine rings is 1. The predicted octanol–water partition coefficient (Wildman–Crippen LogP) is 0.461. The molecule has 1 aliphatic heterocycles. The first-order valence-electron chi connectivity index (χ1n) is 8.73. The van der Waals surface area contributed by atoms with Gasteiger partial charge in [-0.1, -0.05) is 4.85 Å². The predicted molar refractivity (Wildman–Crippen MR) is 97.4 cm³/mol. The lowest BCUT2D eigenvalue weighted by molar-refractivity contribution is 0.0521. The summed E-state index contributed by atoms with van der Waals surface area (Å²) in [7, 11) is -2.41. The Morgan fingerprint density at radius 1 is 1.21 bits per heavy atom. The van der Waals surface area contributed by atoms with Crippen molar-refractivity contribution in [1.82, 2.24) is 19.5 Å². The molecule has 0 bridgehead atoms. The number of benzene rings is 1. The Morgan fingerprint density at radius 3 is 2.76 bits per heavy atom. The van der Waals surface area contributed by atoms with Gasteiger partial charge in [0, 0.05) is 13.1 Å². The minimum atomic E-state index is -3.67. The maximum Gasteiger partial charge on any atom is 0.373 e. The number of ether oxygens (including phenoxy) is 2. The fourth-order valence-electron chi connectivity index (χ4n) is 2.86. The van der Waals surface area contributed by atoms with Crippen molar-refractivity contribution >= 4 is 27.0 Å². The number of rotatable bonds is 6. The molecule has 1 aromatic carbocycles. The summed E-state index contributed by atoms with van der Waals surface area (Å²) in [5.41, 5.74) is 0.861. The fourth-order valence-corrected chi connectivity index (χ4v) is 4.29. The highest BCUT2D eigenvalue weighted by Gasteiger charge is 2.27. The van der Waals surface area contributed by atoms with Crippen LogP contribution in [0.15, 0.2) is 39.6 Å². The van der Waals surface area contributed by atoms with Crippen LogP contribution in [0.5, 0.6) is 0 Å². The standard InChI is InChI=1S/C17H18N4O7S/c1-25-17(22)16-5-2-12(28-16)11-27-21-15-10-13(3-4-14(15)18-19-21)29(23,24)20-6-8-26-9-7-20/h2-5,10H,6-9,11H2,1H3. The monoisotopic (exact) mass is 422 g/mol. The second-order valence-electron chi connectivity index (χ2n) is 6.16. The van der Waals surface area contributed by atoms with Crippen molar-refractivity contribution in [2.24, 2.45) is 0 Å². The van der Waals surface area contributed by atoms with E-state index in [1.54, 1.807) is 12.1 Å². The lowest BCUT2D eigenvalue weighted by atomic mass is 10.3. The van der Waals surface area contributed by atoms with Gasteiger partial charge in [0.25, 0.3) is 0 Å². The zero-order valence-corrected chi connectivity index (χ0v) is 16.3. The van der Waals surface area contributed by atoms with E-state index in [-0.39, 0.29) is 17.3 Å². The van der Waals surface area contributed by atoms with Crippen LogP contribution in [-0.4, -0.2) is 67.3 Å². The molecule has 154 valence electrons. The molecule has 11 nitrogen and oxygen atoms in total. The van der Waals surface area contributed by atoms with E-state index in [2.05, 4.69) is 15.0 Å². The zero-order chi connectivity index (χ0) is 20.4. The molecule has 0 unspecified atom stereocenters. The number of nitrogens with zero attached hydrogens (tertiary/aromatic N) is 4. The molecule has 3 heterocycles. The van der Waals surface area contributed by atoms with Gasteiger partial charge in [0.1, 0.15) is 16.8 Å². The van der Waals surface area contributed by atoms with E-state index in [9.17, 15) is 13.2 Å². The van der Waals surface area contributed by atoms with Crippen molar-refractivity contribution in [2.75, 3.05) is 33.4 Å². The molecule has 1 saturated heterocycles. The number of sulfonamides is 1. The van der Waals surface area contributed by atoms with Crippen LogP contribution in [0.4, 0.5) is 0 Å². The molecular formula is C17H18N4O7S. The lowest BCUT2D eigenvalue weighted by Crippen LogP contribution is -2.40. The normalized spacial score (nSPS) is 15.5. The van der Waals surface area contributed by atoms with Gasteiger partial charge in [-0.05, 0) is 35.5 Å². The highest BCUT2D eigenvalue weighted by atomic mass is 32.2. The van der Waals surface area contributed by atoms with E-state index in [1.165, 1.54) is 29.6 Å². The Morgan fingerprint density at radius 2 is 2.00 bits per heavy atom. The first kappa shape index (κ1) is 19.4. The van der Waals surface area contributed by atoms with E-state index in [1.807, 2.05) is 0 Å². The molecule has 1 aliphatic rings. The Hall–Kier alpha value is -2.96. The molecule has 29 heavy (non-hydrogen) atoms. The smallest absolute Gasteiger partial charge is 0.373 e. The molecule has 1 fully saturated rings. The number of carbonyl (C=O) groups is 1. The van der Waals surface area contributed by atoms with Crippen LogP contribution in [-0.2, 0) is 26.1 Å². The largest absolute Gasteiger partial charge is 0.463 e. The number of aromatic nitrogens is 3. The molecule has 0 amide bonds. The molecule has 12 heteroatoms. The summed E-state index contributed by atoms with van der Waals surface area (Å²) in [6.07, 6.45) is 0. The summed E-state index contributed by atoms with van der Waals surface area (Å²) in [4.78, 5) is 18.2. The summed E-state index contributed by atoms with van der Waals surface area (Å²) in [6.45, 7) is 1.28. The fraction of sp³-hybridized carbons (Fsp3) is 0.353. The number of hydrogen-bond acceptors (Lipinski definition) is 9. The Balaban J connectivity index is 1.55. The van der Waals surface area contributed by atoms with Crippen LogP contribution in [0.3, 0.4) is 0 Å². The maximum atomic E-state index is 12.9. The highest BCUT2D eigenvalue weighted by Crippen LogP contribution is 2.21. The summed E-state index contributed by atoms with van der Waals surface area (Å²) >= 11 is 0. The molecule has 0 spiro atoms. The average Bonchev–Trinajstić information content (AvgIpc) is 3.39. The molecule has 0 N–H and O–H groups in total. The summed E-state index contributed by atoms with van der Waals surface area (Å²) in [5.74, 6) is -0.181. The quantitative estimate of drug-likeness (QED) is 0.521. The Labute approximate surface area is 165 Å². The zero-order valence-electron chi connectivity index (χ0n) is 15.5. The Bertz CT molecular complexity index is 1130.